The van der Waals surface area contributed by atoms with Gasteiger partial charge in [0.05, 0.1) is 11.0 Å². The van der Waals surface area contributed by atoms with Gasteiger partial charge in [0.2, 0.25) is 5.91 Å². The Balaban J connectivity index is 2.11. The van der Waals surface area contributed by atoms with Gasteiger partial charge < -0.3 is 5.32 Å². The molecule has 2 aromatic rings. The molecule has 0 saturated carbocycles. The number of hydrogen-bond donors (Lipinski definition) is 2. The van der Waals surface area contributed by atoms with Gasteiger partial charge in [0.25, 0.3) is 0 Å². The predicted molar refractivity (Wildman–Crippen MR) is 72.7 cm³/mol. The van der Waals surface area contributed by atoms with Gasteiger partial charge in [-0.05, 0) is 24.6 Å². The van der Waals surface area contributed by atoms with E-state index in [1.54, 1.807) is 6.07 Å². The zero-order valence-electron chi connectivity index (χ0n) is 10.2. The number of carbonyl (C=O) groups is 1. The minimum Gasteiger partial charge on any atom is -0.308 e. The third-order valence-electron chi connectivity index (χ3n) is 3.05. The highest BCUT2D eigenvalue weighted by atomic mass is 32.2. The van der Waals surface area contributed by atoms with E-state index in [4.69, 9.17) is 0 Å². The smallest absolute Gasteiger partial charge is 0.235 e. The Morgan fingerprint density at radius 1 is 1.47 bits per heavy atom. The number of halogens is 1. The molecule has 6 heteroatoms. The number of nitrogens with zero attached hydrogens (tertiary/aromatic N) is 1. The fourth-order valence-corrected chi connectivity index (χ4v) is 3.38. The number of H-pyrrole nitrogens is 1. The number of anilines is 1. The molecular weight excluding hydrogens is 265 g/mol. The van der Waals surface area contributed by atoms with Gasteiger partial charge in [0.15, 0.2) is 5.82 Å². The molecule has 0 saturated heterocycles. The van der Waals surface area contributed by atoms with Crippen LogP contribution >= 0.6 is 11.8 Å². The summed E-state index contributed by atoms with van der Waals surface area (Å²) in [5.74, 6) is 0.513. The Kier molecular flexibility index (Phi) is 3.02. The summed E-state index contributed by atoms with van der Waals surface area (Å²) in [4.78, 5) is 11.6. The summed E-state index contributed by atoms with van der Waals surface area (Å²) in [6, 6.07) is 6.47. The highest BCUT2D eigenvalue weighted by molar-refractivity contribution is 8.00. The number of thioether (sulfide) groups is 1. The molecule has 1 aromatic carbocycles. The van der Waals surface area contributed by atoms with Crippen LogP contribution in [0, 0.1) is 12.7 Å². The minimum atomic E-state index is -0.274. The van der Waals surface area contributed by atoms with Crippen molar-refractivity contribution in [2.24, 2.45) is 0 Å². The zero-order valence-corrected chi connectivity index (χ0v) is 11.1. The van der Waals surface area contributed by atoms with E-state index in [1.807, 2.05) is 13.0 Å². The molecule has 1 aliphatic rings. The number of aromatic nitrogens is 2. The SMILES string of the molecule is Cc1[nH]nc2c1[C@@H](c1cccc(F)c1)SCC(=O)N2. The van der Waals surface area contributed by atoms with Crippen molar-refractivity contribution in [3.05, 3.63) is 46.9 Å². The van der Waals surface area contributed by atoms with E-state index in [2.05, 4.69) is 15.5 Å². The highest BCUT2D eigenvalue weighted by Gasteiger charge is 2.28. The molecule has 2 heterocycles. The van der Waals surface area contributed by atoms with E-state index in [-0.39, 0.29) is 17.0 Å². The number of aryl methyl sites for hydroxylation is 1. The number of fused-ring (bicyclic) bond motifs is 1. The fourth-order valence-electron chi connectivity index (χ4n) is 2.20. The van der Waals surface area contributed by atoms with Gasteiger partial charge in [-0.25, -0.2) is 4.39 Å². The summed E-state index contributed by atoms with van der Waals surface area (Å²) in [5, 5.41) is 9.64. The van der Waals surface area contributed by atoms with Gasteiger partial charge in [0, 0.05) is 11.3 Å². The molecule has 3 rings (SSSR count). The summed E-state index contributed by atoms with van der Waals surface area (Å²) >= 11 is 1.48. The average molecular weight is 277 g/mol. The average Bonchev–Trinajstić information content (AvgIpc) is 2.64. The molecule has 0 spiro atoms. The lowest BCUT2D eigenvalue weighted by Gasteiger charge is -2.15. The maximum Gasteiger partial charge on any atom is 0.235 e. The van der Waals surface area contributed by atoms with Crippen LogP contribution in [-0.2, 0) is 4.79 Å². The van der Waals surface area contributed by atoms with Crippen molar-refractivity contribution in [3.63, 3.8) is 0 Å². The number of amides is 1. The first-order valence-electron chi connectivity index (χ1n) is 5.87. The second-order valence-electron chi connectivity index (χ2n) is 4.41. The van der Waals surface area contributed by atoms with Crippen molar-refractivity contribution in [3.8, 4) is 0 Å². The van der Waals surface area contributed by atoms with E-state index in [9.17, 15) is 9.18 Å². The standard InChI is InChI=1S/C13H12FN3OS/c1-7-11-12(8-3-2-4-9(14)5-8)19-6-10(18)15-13(11)17-16-7/h2-5,12H,6H2,1H3,(H2,15,16,17,18)/t12-/m1/s1. The van der Waals surface area contributed by atoms with Crippen LogP contribution in [0.1, 0.15) is 22.1 Å². The van der Waals surface area contributed by atoms with E-state index in [0.717, 1.165) is 16.8 Å². The molecule has 1 aromatic heterocycles. The number of benzene rings is 1. The van der Waals surface area contributed by atoms with Crippen molar-refractivity contribution < 1.29 is 9.18 Å². The van der Waals surface area contributed by atoms with Gasteiger partial charge in [-0.2, -0.15) is 5.10 Å². The molecular formula is C13H12FN3OS. The molecule has 1 atom stereocenters. The number of aromatic amines is 1. The Morgan fingerprint density at radius 3 is 3.11 bits per heavy atom. The number of carbonyl (C=O) groups excluding carboxylic acids is 1. The third-order valence-corrected chi connectivity index (χ3v) is 4.32. The van der Waals surface area contributed by atoms with Crippen LogP contribution < -0.4 is 5.32 Å². The Hall–Kier alpha value is -1.82. The summed E-state index contributed by atoms with van der Waals surface area (Å²) in [5.41, 5.74) is 2.65. The van der Waals surface area contributed by atoms with E-state index < -0.39 is 0 Å². The molecule has 0 bridgehead atoms. The van der Waals surface area contributed by atoms with Gasteiger partial charge in [-0.3, -0.25) is 9.89 Å². The van der Waals surface area contributed by atoms with Crippen LogP contribution in [0.2, 0.25) is 0 Å². The highest BCUT2D eigenvalue weighted by Crippen LogP contribution is 2.42. The van der Waals surface area contributed by atoms with Crippen LogP contribution in [0.25, 0.3) is 0 Å². The van der Waals surface area contributed by atoms with Crippen LogP contribution in [0.15, 0.2) is 24.3 Å². The lowest BCUT2D eigenvalue weighted by molar-refractivity contribution is -0.113. The minimum absolute atomic E-state index is 0.0864. The molecule has 1 aliphatic heterocycles. The first kappa shape index (κ1) is 12.2. The maximum absolute atomic E-state index is 13.4. The lowest BCUT2D eigenvalue weighted by Crippen LogP contribution is -2.12. The Labute approximate surface area is 113 Å². The Bertz CT molecular complexity index is 641. The molecule has 1 amide bonds. The lowest BCUT2D eigenvalue weighted by atomic mass is 10.0. The fraction of sp³-hybridized carbons (Fsp3) is 0.231. The molecule has 0 fully saturated rings. The van der Waals surface area contributed by atoms with E-state index in [1.165, 1.54) is 23.9 Å². The van der Waals surface area contributed by atoms with Crippen molar-refractivity contribution in [1.82, 2.24) is 10.2 Å². The molecule has 19 heavy (non-hydrogen) atoms. The van der Waals surface area contributed by atoms with Gasteiger partial charge in [-0.15, -0.1) is 11.8 Å². The predicted octanol–water partition coefficient (Wildman–Crippen LogP) is 2.63. The maximum atomic E-state index is 13.4. The van der Waals surface area contributed by atoms with E-state index >= 15 is 0 Å². The second kappa shape index (κ2) is 4.70. The zero-order chi connectivity index (χ0) is 13.4. The molecule has 4 nitrogen and oxygen atoms in total. The topological polar surface area (TPSA) is 57.8 Å². The first-order chi connectivity index (χ1) is 9.15. The second-order valence-corrected chi connectivity index (χ2v) is 5.50. The molecule has 0 radical (unpaired) electrons. The molecule has 0 aliphatic carbocycles. The van der Waals surface area contributed by atoms with Crippen molar-refractivity contribution in [2.75, 3.05) is 11.1 Å². The Morgan fingerprint density at radius 2 is 2.32 bits per heavy atom. The molecule has 2 N–H and O–H groups in total. The van der Waals surface area contributed by atoms with Gasteiger partial charge >= 0.3 is 0 Å². The van der Waals surface area contributed by atoms with Crippen LogP contribution in [-0.4, -0.2) is 21.9 Å². The summed E-state index contributed by atoms with van der Waals surface area (Å²) in [6.45, 7) is 1.90. The first-order valence-corrected chi connectivity index (χ1v) is 6.92. The van der Waals surface area contributed by atoms with Gasteiger partial charge in [0.1, 0.15) is 5.82 Å². The van der Waals surface area contributed by atoms with Crippen LogP contribution in [0.3, 0.4) is 0 Å². The monoisotopic (exact) mass is 277 g/mol. The quantitative estimate of drug-likeness (QED) is 0.842. The summed E-state index contributed by atoms with van der Waals surface area (Å²) in [7, 11) is 0. The number of hydrogen-bond acceptors (Lipinski definition) is 3. The largest absolute Gasteiger partial charge is 0.308 e. The summed E-state index contributed by atoms with van der Waals surface area (Å²) < 4.78 is 13.4. The van der Waals surface area contributed by atoms with Crippen molar-refractivity contribution >= 4 is 23.5 Å². The summed E-state index contributed by atoms with van der Waals surface area (Å²) in [6.07, 6.45) is 0. The molecule has 98 valence electrons. The molecule has 0 unspecified atom stereocenters. The van der Waals surface area contributed by atoms with Crippen molar-refractivity contribution in [2.45, 2.75) is 12.2 Å². The number of rotatable bonds is 1. The van der Waals surface area contributed by atoms with E-state index in [0.29, 0.717) is 11.6 Å². The number of nitrogens with one attached hydrogen (secondary N) is 2. The van der Waals surface area contributed by atoms with Crippen LogP contribution in [0.5, 0.6) is 0 Å². The van der Waals surface area contributed by atoms with Crippen molar-refractivity contribution in [1.29, 1.82) is 0 Å². The van der Waals surface area contributed by atoms with Gasteiger partial charge in [-0.1, -0.05) is 12.1 Å². The third kappa shape index (κ3) is 2.23. The van der Waals surface area contributed by atoms with Crippen LogP contribution in [0.4, 0.5) is 10.2 Å². The normalized spacial score (nSPS) is 18.6.